The van der Waals surface area contributed by atoms with Gasteiger partial charge in [0.1, 0.15) is 16.7 Å². The van der Waals surface area contributed by atoms with E-state index in [1.165, 1.54) is 26.3 Å². The summed E-state index contributed by atoms with van der Waals surface area (Å²) in [5.41, 5.74) is 6.34. The summed E-state index contributed by atoms with van der Waals surface area (Å²) in [5, 5.41) is 12.0. The number of benzene rings is 3. The van der Waals surface area contributed by atoms with Gasteiger partial charge in [-0.15, -0.1) is 0 Å². The summed E-state index contributed by atoms with van der Waals surface area (Å²) >= 11 is 0. The smallest absolute Gasteiger partial charge is 0.305 e. The number of carboxylic acids is 1. The number of hydrogen-bond acceptors (Lipinski definition) is 7. The maximum absolute atomic E-state index is 13.2. The van der Waals surface area contributed by atoms with Crippen molar-refractivity contribution in [2.24, 2.45) is 5.73 Å². The molecule has 3 aromatic rings. The monoisotopic (exact) mass is 529 g/mol. The van der Waals surface area contributed by atoms with Crippen molar-refractivity contribution < 1.29 is 37.5 Å². The first-order valence-corrected chi connectivity index (χ1v) is 12.6. The second kappa shape index (κ2) is 11.8. The van der Waals surface area contributed by atoms with Crippen LogP contribution in [0.15, 0.2) is 65.6 Å². The summed E-state index contributed by atoms with van der Waals surface area (Å²) < 4.78 is 34.4. The molecule has 1 atom stereocenters. The summed E-state index contributed by atoms with van der Waals surface area (Å²) in [5.74, 6) is -3.29. The van der Waals surface area contributed by atoms with Crippen LogP contribution in [0.2, 0.25) is 0 Å². The lowest BCUT2D eigenvalue weighted by atomic mass is 10.0. The normalized spacial score (nSPS) is 12.2. The molecule has 11 nitrogen and oxygen atoms in total. The first-order chi connectivity index (χ1) is 17.5. The van der Waals surface area contributed by atoms with Gasteiger partial charge in [0.15, 0.2) is 0 Å². The molecule has 0 bridgehead atoms. The maximum Gasteiger partial charge on any atom is 0.305 e. The number of rotatable bonds is 12. The number of sulfonamides is 1. The Morgan fingerprint density at radius 2 is 1.78 bits per heavy atom. The van der Waals surface area contributed by atoms with Crippen molar-refractivity contribution in [2.75, 3.05) is 20.8 Å². The number of hydrogen-bond donors (Lipinski definition) is 3. The Hall–Kier alpha value is -4.00. The fourth-order valence-electron chi connectivity index (χ4n) is 3.69. The number of carbonyl (C=O) groups is 3. The Kier molecular flexibility index (Phi) is 8.81. The number of ether oxygens (including phenoxy) is 1. The molecule has 0 fully saturated rings. The summed E-state index contributed by atoms with van der Waals surface area (Å²) in [4.78, 5) is 39.9. The van der Waals surface area contributed by atoms with E-state index in [1.54, 1.807) is 0 Å². The van der Waals surface area contributed by atoms with Gasteiger partial charge in [-0.25, -0.2) is 13.5 Å². The van der Waals surface area contributed by atoms with Gasteiger partial charge in [-0.3, -0.25) is 19.2 Å². The van der Waals surface area contributed by atoms with Gasteiger partial charge >= 0.3 is 5.97 Å². The Bertz CT molecular complexity index is 1420. The topological polar surface area (TPSA) is 165 Å². The highest BCUT2D eigenvalue weighted by Crippen LogP contribution is 2.27. The van der Waals surface area contributed by atoms with Crippen molar-refractivity contribution in [3.8, 4) is 5.75 Å². The molecule has 0 aromatic heterocycles. The van der Waals surface area contributed by atoms with Crippen LogP contribution in [-0.4, -0.2) is 63.2 Å². The van der Waals surface area contributed by atoms with E-state index in [4.69, 9.17) is 15.3 Å². The first kappa shape index (κ1) is 27.6. The Labute approximate surface area is 213 Å². The number of fused-ring (bicyclic) bond motifs is 1. The standard InChI is InChI=1S/C25H27N3O8S/c1-28(35-2)25(32)20(15-23(29)30)27-37(33,34)22-11-10-18(24(26)31)14-21(22)36-13-12-17-8-5-7-16-6-3-4-9-19(16)17/h3-11,14,20,27H,12-13,15H2,1-2H3,(H2,26,31)(H,29,30). The molecule has 0 aliphatic rings. The van der Waals surface area contributed by atoms with Gasteiger partial charge in [0, 0.05) is 19.0 Å². The molecule has 0 heterocycles. The Morgan fingerprint density at radius 1 is 1.08 bits per heavy atom. The summed E-state index contributed by atoms with van der Waals surface area (Å²) in [6.07, 6.45) is -0.407. The van der Waals surface area contributed by atoms with Gasteiger partial charge in [-0.05, 0) is 34.5 Å². The molecule has 0 radical (unpaired) electrons. The highest BCUT2D eigenvalue weighted by atomic mass is 32.2. The first-order valence-electron chi connectivity index (χ1n) is 11.1. The molecule has 37 heavy (non-hydrogen) atoms. The molecular weight excluding hydrogens is 502 g/mol. The van der Waals surface area contributed by atoms with Crippen LogP contribution in [0.5, 0.6) is 5.75 Å². The number of hydroxylamine groups is 2. The number of primary amides is 1. The van der Waals surface area contributed by atoms with E-state index in [9.17, 15) is 27.9 Å². The highest BCUT2D eigenvalue weighted by Gasteiger charge is 2.32. The van der Waals surface area contributed by atoms with Crippen molar-refractivity contribution in [3.05, 3.63) is 71.8 Å². The zero-order chi connectivity index (χ0) is 27.2. The van der Waals surface area contributed by atoms with Crippen LogP contribution < -0.4 is 15.2 Å². The Morgan fingerprint density at radius 3 is 2.46 bits per heavy atom. The number of carboxylic acid groups (broad SMARTS) is 1. The molecule has 12 heteroatoms. The predicted molar refractivity (Wildman–Crippen MR) is 134 cm³/mol. The molecule has 196 valence electrons. The highest BCUT2D eigenvalue weighted by molar-refractivity contribution is 7.89. The van der Waals surface area contributed by atoms with Crippen molar-refractivity contribution in [1.82, 2.24) is 9.79 Å². The quantitative estimate of drug-likeness (QED) is 0.298. The lowest BCUT2D eigenvalue weighted by Crippen LogP contribution is -2.48. The van der Waals surface area contributed by atoms with Crippen molar-refractivity contribution in [2.45, 2.75) is 23.8 Å². The fourth-order valence-corrected chi connectivity index (χ4v) is 5.01. The fraction of sp³-hybridized carbons (Fsp3) is 0.240. The van der Waals surface area contributed by atoms with Gasteiger partial charge in [0.2, 0.25) is 15.9 Å². The summed E-state index contributed by atoms with van der Waals surface area (Å²) in [6, 6.07) is 15.4. The molecule has 0 spiro atoms. The molecule has 0 aliphatic heterocycles. The minimum atomic E-state index is -4.49. The summed E-state index contributed by atoms with van der Waals surface area (Å²) in [7, 11) is -2.10. The summed E-state index contributed by atoms with van der Waals surface area (Å²) in [6.45, 7) is 0.0582. The van der Waals surface area contributed by atoms with Gasteiger partial charge in [-0.2, -0.15) is 4.72 Å². The number of nitrogens with one attached hydrogen (secondary N) is 1. The minimum Gasteiger partial charge on any atom is -0.492 e. The lowest BCUT2D eigenvalue weighted by molar-refractivity contribution is -0.171. The largest absolute Gasteiger partial charge is 0.492 e. The van der Waals surface area contributed by atoms with Gasteiger partial charge < -0.3 is 15.6 Å². The molecule has 0 saturated heterocycles. The van der Waals surface area contributed by atoms with Gasteiger partial charge in [-0.1, -0.05) is 42.5 Å². The second-order valence-corrected chi connectivity index (χ2v) is 9.73. The number of nitrogens with two attached hydrogens (primary N) is 1. The van der Waals surface area contributed by atoms with Crippen LogP contribution in [0.4, 0.5) is 0 Å². The minimum absolute atomic E-state index is 0.0105. The Balaban J connectivity index is 1.90. The van der Waals surface area contributed by atoms with Crippen molar-refractivity contribution in [1.29, 1.82) is 0 Å². The predicted octanol–water partition coefficient (Wildman–Crippen LogP) is 1.70. The third-order valence-corrected chi connectivity index (χ3v) is 7.10. The van der Waals surface area contributed by atoms with E-state index in [0.29, 0.717) is 11.5 Å². The van der Waals surface area contributed by atoms with E-state index >= 15 is 0 Å². The van der Waals surface area contributed by atoms with E-state index in [-0.39, 0.29) is 17.9 Å². The van der Waals surface area contributed by atoms with Crippen LogP contribution in [0.25, 0.3) is 10.8 Å². The van der Waals surface area contributed by atoms with Crippen LogP contribution in [0.1, 0.15) is 22.3 Å². The maximum atomic E-state index is 13.2. The van der Waals surface area contributed by atoms with Crippen LogP contribution in [0.3, 0.4) is 0 Å². The second-order valence-electron chi connectivity index (χ2n) is 8.05. The number of nitrogens with zero attached hydrogens (tertiary/aromatic N) is 1. The van der Waals surface area contributed by atoms with Gasteiger partial charge in [0.05, 0.1) is 20.1 Å². The molecule has 4 N–H and O–H groups in total. The number of aliphatic carboxylic acids is 1. The van der Waals surface area contributed by atoms with Crippen LogP contribution in [0, 0.1) is 0 Å². The third kappa shape index (κ3) is 6.82. The zero-order valence-electron chi connectivity index (χ0n) is 20.2. The van der Waals surface area contributed by atoms with Crippen LogP contribution >= 0.6 is 0 Å². The molecule has 2 amide bonds. The average Bonchev–Trinajstić information content (AvgIpc) is 2.87. The lowest BCUT2D eigenvalue weighted by Gasteiger charge is -2.22. The van der Waals surface area contributed by atoms with Gasteiger partial charge in [0.25, 0.3) is 5.91 Å². The molecule has 0 saturated carbocycles. The van der Waals surface area contributed by atoms with Crippen molar-refractivity contribution >= 4 is 38.6 Å². The SMILES string of the molecule is CON(C)C(=O)C(CC(=O)O)NS(=O)(=O)c1ccc(C(N)=O)cc1OCCc1cccc2ccccc12. The van der Waals surface area contributed by atoms with E-state index in [1.807, 2.05) is 42.5 Å². The van der Waals surface area contributed by atoms with E-state index < -0.39 is 45.2 Å². The molecule has 3 rings (SSSR count). The zero-order valence-corrected chi connectivity index (χ0v) is 21.0. The van der Waals surface area contributed by atoms with Crippen LogP contribution in [-0.2, 0) is 30.9 Å². The number of carbonyl (C=O) groups excluding carboxylic acids is 2. The number of likely N-dealkylation sites (N-methyl/N-ethyl adjacent to an activating group) is 1. The molecular formula is C25H27N3O8S. The molecule has 1 unspecified atom stereocenters. The number of amides is 2. The molecule has 3 aromatic carbocycles. The van der Waals surface area contributed by atoms with Crippen molar-refractivity contribution in [3.63, 3.8) is 0 Å². The third-order valence-electron chi connectivity index (χ3n) is 5.59. The van der Waals surface area contributed by atoms with E-state index in [0.717, 1.165) is 22.4 Å². The van der Waals surface area contributed by atoms with E-state index in [2.05, 4.69) is 4.72 Å². The average molecular weight is 530 g/mol. The molecule has 0 aliphatic carbocycles.